The number of hydrogen-bond acceptors (Lipinski definition) is 5. The summed E-state index contributed by atoms with van der Waals surface area (Å²) in [6.45, 7) is 2.46. The highest BCUT2D eigenvalue weighted by Crippen LogP contribution is 2.19. The summed E-state index contributed by atoms with van der Waals surface area (Å²) >= 11 is 0.918. The zero-order chi connectivity index (χ0) is 13.6. The van der Waals surface area contributed by atoms with Crippen molar-refractivity contribution in [1.29, 1.82) is 0 Å². The van der Waals surface area contributed by atoms with Gasteiger partial charge in [-0.25, -0.2) is 18.4 Å². The minimum absolute atomic E-state index is 0.0274. The number of esters is 1. The minimum atomic E-state index is -3.74. The SMILES string of the molecule is CCCCCCOC(=O)c1csc(S(N)(=O)=O)c1. The van der Waals surface area contributed by atoms with Gasteiger partial charge in [-0.05, 0) is 12.5 Å². The van der Waals surface area contributed by atoms with Gasteiger partial charge in [-0.2, -0.15) is 0 Å². The Morgan fingerprint density at radius 1 is 1.39 bits per heavy atom. The lowest BCUT2D eigenvalue weighted by molar-refractivity contribution is 0.0498. The molecule has 0 saturated heterocycles. The van der Waals surface area contributed by atoms with Crippen LogP contribution in [0.15, 0.2) is 15.7 Å². The first-order valence-electron chi connectivity index (χ1n) is 5.73. The number of hydrogen-bond donors (Lipinski definition) is 1. The third-order valence-corrected chi connectivity index (χ3v) is 4.71. The van der Waals surface area contributed by atoms with Crippen molar-refractivity contribution in [2.75, 3.05) is 6.61 Å². The standard InChI is InChI=1S/C11H17NO4S2/c1-2-3-4-5-6-16-11(13)9-7-10(17-8-9)18(12,14)15/h7-8H,2-6H2,1H3,(H2,12,14,15). The van der Waals surface area contributed by atoms with Crippen LogP contribution in [0.1, 0.15) is 43.0 Å². The summed E-state index contributed by atoms with van der Waals surface area (Å²) in [7, 11) is -3.74. The average molecular weight is 291 g/mol. The Balaban J connectivity index is 2.45. The van der Waals surface area contributed by atoms with Gasteiger partial charge >= 0.3 is 5.97 Å². The summed E-state index contributed by atoms with van der Waals surface area (Å²) in [5, 5.41) is 6.39. The summed E-state index contributed by atoms with van der Waals surface area (Å²) in [6, 6.07) is 1.24. The Bertz CT molecular complexity index is 493. The largest absolute Gasteiger partial charge is 0.462 e. The molecule has 0 fully saturated rings. The van der Waals surface area contributed by atoms with E-state index in [0.29, 0.717) is 6.61 Å². The van der Waals surface area contributed by atoms with E-state index >= 15 is 0 Å². The lowest BCUT2D eigenvalue weighted by atomic mass is 10.2. The summed E-state index contributed by atoms with van der Waals surface area (Å²) in [5.41, 5.74) is 0.236. The van der Waals surface area contributed by atoms with Gasteiger partial charge in [-0.15, -0.1) is 11.3 Å². The maximum atomic E-state index is 11.6. The summed E-state index contributed by atoms with van der Waals surface area (Å²) in [4.78, 5) is 11.6. The van der Waals surface area contributed by atoms with Gasteiger partial charge in [0.1, 0.15) is 4.21 Å². The predicted octanol–water partition coefficient (Wildman–Crippen LogP) is 2.13. The highest BCUT2D eigenvalue weighted by atomic mass is 32.2. The van der Waals surface area contributed by atoms with Gasteiger partial charge in [-0.3, -0.25) is 0 Å². The van der Waals surface area contributed by atoms with Crippen LogP contribution >= 0.6 is 11.3 Å². The molecule has 5 nitrogen and oxygen atoms in total. The smallest absolute Gasteiger partial charge is 0.339 e. The van der Waals surface area contributed by atoms with Crippen LogP contribution in [0, 0.1) is 0 Å². The van der Waals surface area contributed by atoms with E-state index in [1.807, 2.05) is 0 Å². The average Bonchev–Trinajstić information content (AvgIpc) is 2.77. The minimum Gasteiger partial charge on any atom is -0.462 e. The van der Waals surface area contributed by atoms with Crippen LogP contribution in [0.4, 0.5) is 0 Å². The second kappa shape index (κ2) is 6.86. The van der Waals surface area contributed by atoms with Crippen molar-refractivity contribution in [2.45, 2.75) is 36.8 Å². The lowest BCUT2D eigenvalue weighted by Crippen LogP contribution is -2.10. The fourth-order valence-electron chi connectivity index (χ4n) is 1.35. The highest BCUT2D eigenvalue weighted by molar-refractivity contribution is 7.91. The van der Waals surface area contributed by atoms with Crippen molar-refractivity contribution in [1.82, 2.24) is 0 Å². The molecule has 0 aromatic carbocycles. The number of primary sulfonamides is 1. The van der Waals surface area contributed by atoms with Crippen LogP contribution in [0.2, 0.25) is 0 Å². The maximum absolute atomic E-state index is 11.6. The molecule has 1 aromatic rings. The number of thiophene rings is 1. The Kier molecular flexibility index (Phi) is 5.77. The monoisotopic (exact) mass is 291 g/mol. The maximum Gasteiger partial charge on any atom is 0.339 e. The van der Waals surface area contributed by atoms with Crippen molar-refractivity contribution < 1.29 is 17.9 Å². The molecule has 0 aliphatic rings. The molecule has 0 spiro atoms. The van der Waals surface area contributed by atoms with Gasteiger partial charge in [0.2, 0.25) is 10.0 Å². The normalized spacial score (nSPS) is 11.4. The summed E-state index contributed by atoms with van der Waals surface area (Å²) < 4.78 is 27.1. The number of unbranched alkanes of at least 4 members (excludes halogenated alkanes) is 3. The van der Waals surface area contributed by atoms with Gasteiger partial charge in [0.05, 0.1) is 12.2 Å². The molecule has 1 aromatic heterocycles. The van der Waals surface area contributed by atoms with E-state index in [4.69, 9.17) is 9.88 Å². The molecule has 0 aliphatic heterocycles. The van der Waals surface area contributed by atoms with Crippen LogP contribution in [0.5, 0.6) is 0 Å². The van der Waals surface area contributed by atoms with Crippen molar-refractivity contribution in [3.05, 3.63) is 17.0 Å². The lowest BCUT2D eigenvalue weighted by Gasteiger charge is -2.02. The second-order valence-corrected chi connectivity index (χ2v) is 6.60. The first-order valence-corrected chi connectivity index (χ1v) is 8.16. The Hall–Kier alpha value is -0.920. The second-order valence-electron chi connectivity index (χ2n) is 3.90. The van der Waals surface area contributed by atoms with Crippen molar-refractivity contribution in [3.8, 4) is 0 Å². The number of carbonyl (C=O) groups is 1. The molecule has 7 heteroatoms. The third kappa shape index (κ3) is 4.75. The van der Waals surface area contributed by atoms with Crippen molar-refractivity contribution in [2.24, 2.45) is 5.14 Å². The van der Waals surface area contributed by atoms with E-state index in [-0.39, 0.29) is 9.77 Å². The Morgan fingerprint density at radius 2 is 2.11 bits per heavy atom. The number of ether oxygens (including phenoxy) is 1. The molecule has 0 saturated carbocycles. The Labute approximate surface area is 111 Å². The molecule has 102 valence electrons. The molecular formula is C11H17NO4S2. The number of carbonyl (C=O) groups excluding carboxylic acids is 1. The van der Waals surface area contributed by atoms with E-state index in [1.54, 1.807) is 0 Å². The Morgan fingerprint density at radius 3 is 2.67 bits per heavy atom. The zero-order valence-corrected chi connectivity index (χ0v) is 11.9. The molecule has 0 aliphatic carbocycles. The van der Waals surface area contributed by atoms with Gasteiger partial charge in [0.15, 0.2) is 0 Å². The first-order chi connectivity index (χ1) is 8.45. The zero-order valence-electron chi connectivity index (χ0n) is 10.2. The fraction of sp³-hybridized carbons (Fsp3) is 0.545. The molecule has 0 radical (unpaired) electrons. The predicted molar refractivity (Wildman–Crippen MR) is 70.1 cm³/mol. The van der Waals surface area contributed by atoms with E-state index in [1.165, 1.54) is 11.4 Å². The highest BCUT2D eigenvalue weighted by Gasteiger charge is 2.15. The molecule has 0 bridgehead atoms. The van der Waals surface area contributed by atoms with Gasteiger partial charge < -0.3 is 4.74 Å². The number of sulfonamides is 1. The van der Waals surface area contributed by atoms with E-state index < -0.39 is 16.0 Å². The number of nitrogens with two attached hydrogens (primary N) is 1. The molecule has 1 rings (SSSR count). The van der Waals surface area contributed by atoms with E-state index in [0.717, 1.165) is 37.0 Å². The molecule has 1 heterocycles. The summed E-state index contributed by atoms with van der Waals surface area (Å²) in [6.07, 6.45) is 4.09. The van der Waals surface area contributed by atoms with Gasteiger partial charge in [0.25, 0.3) is 0 Å². The molecule has 2 N–H and O–H groups in total. The van der Waals surface area contributed by atoms with Gasteiger partial charge in [0, 0.05) is 5.38 Å². The molecule has 0 unspecified atom stereocenters. The van der Waals surface area contributed by atoms with E-state index in [2.05, 4.69) is 6.92 Å². The van der Waals surface area contributed by atoms with Crippen LogP contribution in [0.3, 0.4) is 0 Å². The van der Waals surface area contributed by atoms with Crippen LogP contribution in [0.25, 0.3) is 0 Å². The van der Waals surface area contributed by atoms with E-state index in [9.17, 15) is 13.2 Å². The third-order valence-electron chi connectivity index (χ3n) is 2.32. The summed E-state index contributed by atoms with van der Waals surface area (Å²) in [5.74, 6) is -0.502. The fourth-order valence-corrected chi connectivity index (χ4v) is 2.92. The van der Waals surface area contributed by atoms with Crippen LogP contribution < -0.4 is 5.14 Å². The number of rotatable bonds is 7. The molecule has 0 atom stereocenters. The quantitative estimate of drug-likeness (QED) is 0.616. The molecular weight excluding hydrogens is 274 g/mol. The topological polar surface area (TPSA) is 86.5 Å². The van der Waals surface area contributed by atoms with Crippen molar-refractivity contribution >= 4 is 27.3 Å². The molecule has 18 heavy (non-hydrogen) atoms. The van der Waals surface area contributed by atoms with Gasteiger partial charge in [-0.1, -0.05) is 26.2 Å². The van der Waals surface area contributed by atoms with Crippen molar-refractivity contribution in [3.63, 3.8) is 0 Å². The van der Waals surface area contributed by atoms with Crippen LogP contribution in [-0.4, -0.2) is 21.0 Å². The molecule has 0 amide bonds. The van der Waals surface area contributed by atoms with Crippen LogP contribution in [-0.2, 0) is 14.8 Å². The first kappa shape index (κ1) is 15.1.